The molecular weight excluding hydrogens is 276 g/mol. The Morgan fingerprint density at radius 3 is 2.40 bits per heavy atom. The molecule has 0 aliphatic heterocycles. The van der Waals surface area contributed by atoms with Crippen molar-refractivity contribution in [3.8, 4) is 0 Å². The van der Waals surface area contributed by atoms with E-state index >= 15 is 0 Å². The van der Waals surface area contributed by atoms with Crippen LogP contribution in [0.2, 0.25) is 0 Å². The van der Waals surface area contributed by atoms with Crippen molar-refractivity contribution in [2.24, 2.45) is 0 Å². The lowest BCUT2D eigenvalue weighted by Crippen LogP contribution is -2.27. The highest BCUT2D eigenvalue weighted by molar-refractivity contribution is 9.10. The molecule has 1 rings (SSSR count). The van der Waals surface area contributed by atoms with Gasteiger partial charge >= 0.3 is 5.97 Å². The Balaban J connectivity index is 2.57. The fraction of sp³-hybridized carbons (Fsp3) is 0.364. The zero-order chi connectivity index (χ0) is 11.5. The van der Waals surface area contributed by atoms with Crippen LogP contribution in [0.25, 0.3) is 0 Å². The van der Waals surface area contributed by atoms with Crippen molar-refractivity contribution in [1.82, 2.24) is 0 Å². The van der Waals surface area contributed by atoms with Crippen LogP contribution in [0.15, 0.2) is 28.7 Å². The first-order valence-corrected chi connectivity index (χ1v) is 6.31. The minimum atomic E-state index is -0.774. The predicted molar refractivity (Wildman–Crippen MR) is 67.2 cm³/mol. The van der Waals surface area contributed by atoms with E-state index in [1.165, 1.54) is 11.8 Å². The Hall–Kier alpha value is -0.480. The van der Waals surface area contributed by atoms with Crippen LogP contribution >= 0.6 is 27.7 Å². The second-order valence-electron chi connectivity index (χ2n) is 3.73. The summed E-state index contributed by atoms with van der Waals surface area (Å²) < 4.78 is 0.307. The molecule has 0 heterocycles. The third-order valence-electron chi connectivity index (χ3n) is 2.03. The van der Waals surface area contributed by atoms with Crippen LogP contribution in [-0.2, 0) is 10.5 Å². The van der Waals surface area contributed by atoms with Gasteiger partial charge in [0, 0.05) is 10.2 Å². The summed E-state index contributed by atoms with van der Waals surface area (Å²) >= 11 is 4.79. The number of carbonyl (C=O) groups is 1. The summed E-state index contributed by atoms with van der Waals surface area (Å²) in [4.78, 5) is 10.9. The topological polar surface area (TPSA) is 37.3 Å². The first-order chi connectivity index (χ1) is 6.92. The summed E-state index contributed by atoms with van der Waals surface area (Å²) in [5.41, 5.74) is 1.14. The highest BCUT2D eigenvalue weighted by Crippen LogP contribution is 2.28. The number of aliphatic carboxylic acids is 1. The van der Waals surface area contributed by atoms with Crippen LogP contribution < -0.4 is 0 Å². The molecule has 4 heteroatoms. The molecule has 82 valence electrons. The van der Waals surface area contributed by atoms with Gasteiger partial charge in [-0.2, -0.15) is 0 Å². The average Bonchev–Trinajstić information content (AvgIpc) is 2.17. The Morgan fingerprint density at radius 1 is 1.40 bits per heavy atom. The second kappa shape index (κ2) is 5.03. The molecule has 0 amide bonds. The molecule has 15 heavy (non-hydrogen) atoms. The van der Waals surface area contributed by atoms with Crippen molar-refractivity contribution in [2.75, 3.05) is 0 Å². The average molecular weight is 289 g/mol. The van der Waals surface area contributed by atoms with E-state index < -0.39 is 10.7 Å². The van der Waals surface area contributed by atoms with Crippen molar-refractivity contribution in [3.05, 3.63) is 34.3 Å². The van der Waals surface area contributed by atoms with Crippen LogP contribution in [0.3, 0.4) is 0 Å². The fourth-order valence-corrected chi connectivity index (χ4v) is 2.01. The molecular formula is C11H13BrO2S. The van der Waals surface area contributed by atoms with Gasteiger partial charge in [-0.1, -0.05) is 28.1 Å². The molecule has 1 aromatic rings. The summed E-state index contributed by atoms with van der Waals surface area (Å²) in [5, 5.41) is 8.94. The van der Waals surface area contributed by atoms with Gasteiger partial charge in [-0.15, -0.1) is 11.8 Å². The fourth-order valence-electron chi connectivity index (χ4n) is 0.906. The zero-order valence-electron chi connectivity index (χ0n) is 8.66. The van der Waals surface area contributed by atoms with Crippen LogP contribution in [0.1, 0.15) is 19.4 Å². The quantitative estimate of drug-likeness (QED) is 0.921. The highest BCUT2D eigenvalue weighted by atomic mass is 79.9. The van der Waals surface area contributed by atoms with E-state index in [4.69, 9.17) is 5.11 Å². The van der Waals surface area contributed by atoms with Crippen LogP contribution in [0, 0.1) is 0 Å². The van der Waals surface area contributed by atoms with E-state index in [-0.39, 0.29) is 0 Å². The number of rotatable bonds is 4. The lowest BCUT2D eigenvalue weighted by Gasteiger charge is -2.18. The van der Waals surface area contributed by atoms with Gasteiger partial charge in [0.2, 0.25) is 0 Å². The van der Waals surface area contributed by atoms with Gasteiger partial charge in [0.25, 0.3) is 0 Å². The predicted octanol–water partition coefficient (Wildman–Crippen LogP) is 3.55. The summed E-state index contributed by atoms with van der Waals surface area (Å²) in [7, 11) is 0. The van der Waals surface area contributed by atoms with Crippen LogP contribution in [0.5, 0.6) is 0 Å². The molecule has 0 unspecified atom stereocenters. The van der Waals surface area contributed by atoms with Gasteiger partial charge in [-0.3, -0.25) is 4.79 Å². The second-order valence-corrected chi connectivity index (χ2v) is 6.24. The maximum Gasteiger partial charge on any atom is 0.319 e. The SMILES string of the molecule is CC(C)(SCc1ccc(Br)cc1)C(=O)O. The van der Waals surface area contributed by atoms with Crippen molar-refractivity contribution < 1.29 is 9.90 Å². The van der Waals surface area contributed by atoms with Gasteiger partial charge < -0.3 is 5.11 Å². The molecule has 0 bridgehead atoms. The Bertz CT molecular complexity index is 346. The van der Waals surface area contributed by atoms with Gasteiger partial charge in [-0.25, -0.2) is 0 Å². The maximum absolute atomic E-state index is 10.9. The molecule has 0 radical (unpaired) electrons. The largest absolute Gasteiger partial charge is 0.480 e. The monoisotopic (exact) mass is 288 g/mol. The van der Waals surface area contributed by atoms with Gasteiger partial charge in [0.15, 0.2) is 0 Å². The molecule has 0 aliphatic rings. The van der Waals surface area contributed by atoms with Crippen molar-refractivity contribution >= 4 is 33.7 Å². The molecule has 1 N–H and O–H groups in total. The first-order valence-electron chi connectivity index (χ1n) is 4.53. The summed E-state index contributed by atoms with van der Waals surface area (Å²) in [6.07, 6.45) is 0. The highest BCUT2D eigenvalue weighted by Gasteiger charge is 2.27. The van der Waals surface area contributed by atoms with E-state index in [0.29, 0.717) is 5.75 Å². The molecule has 0 spiro atoms. The van der Waals surface area contributed by atoms with Crippen molar-refractivity contribution in [3.63, 3.8) is 0 Å². The van der Waals surface area contributed by atoms with Crippen LogP contribution in [0.4, 0.5) is 0 Å². The van der Waals surface area contributed by atoms with Gasteiger partial charge in [0.1, 0.15) is 4.75 Å². The van der Waals surface area contributed by atoms with E-state index in [9.17, 15) is 4.79 Å². The third kappa shape index (κ3) is 3.87. The van der Waals surface area contributed by atoms with Crippen LogP contribution in [-0.4, -0.2) is 15.8 Å². The Kier molecular flexibility index (Phi) is 4.22. The standard InChI is InChI=1S/C11H13BrO2S/c1-11(2,10(13)14)15-7-8-3-5-9(12)6-4-8/h3-6H,7H2,1-2H3,(H,13,14). The number of carboxylic acids is 1. The van der Waals surface area contributed by atoms with Crippen molar-refractivity contribution in [1.29, 1.82) is 0 Å². The Morgan fingerprint density at radius 2 is 1.93 bits per heavy atom. The Labute approximate surface area is 102 Å². The minimum absolute atomic E-state index is 0.715. The number of hydrogen-bond donors (Lipinski definition) is 1. The summed E-state index contributed by atoms with van der Waals surface area (Å²) in [5.74, 6) is -0.0586. The van der Waals surface area contributed by atoms with E-state index in [2.05, 4.69) is 15.9 Å². The molecule has 0 aromatic heterocycles. The number of halogens is 1. The third-order valence-corrected chi connectivity index (χ3v) is 3.93. The van der Waals surface area contributed by atoms with Gasteiger partial charge in [0.05, 0.1) is 0 Å². The van der Waals surface area contributed by atoms with Crippen molar-refractivity contribution in [2.45, 2.75) is 24.3 Å². The number of carboxylic acid groups (broad SMARTS) is 1. The maximum atomic E-state index is 10.9. The van der Waals surface area contributed by atoms with E-state index in [1.54, 1.807) is 13.8 Å². The zero-order valence-corrected chi connectivity index (χ0v) is 11.1. The lowest BCUT2D eigenvalue weighted by molar-refractivity contribution is -0.138. The van der Waals surface area contributed by atoms with E-state index in [1.807, 2.05) is 24.3 Å². The first kappa shape index (κ1) is 12.6. The van der Waals surface area contributed by atoms with Gasteiger partial charge in [-0.05, 0) is 31.5 Å². The number of benzene rings is 1. The smallest absolute Gasteiger partial charge is 0.319 e. The molecule has 0 saturated carbocycles. The normalized spacial score (nSPS) is 11.4. The number of thioether (sulfide) groups is 1. The summed E-state index contributed by atoms with van der Waals surface area (Å²) in [6.45, 7) is 3.44. The minimum Gasteiger partial charge on any atom is -0.480 e. The molecule has 2 nitrogen and oxygen atoms in total. The molecule has 0 fully saturated rings. The lowest BCUT2D eigenvalue weighted by atomic mass is 10.2. The molecule has 0 saturated heterocycles. The molecule has 1 aromatic carbocycles. The van der Waals surface area contributed by atoms with E-state index in [0.717, 1.165) is 10.0 Å². The molecule has 0 aliphatic carbocycles. The number of hydrogen-bond acceptors (Lipinski definition) is 2. The summed E-state index contributed by atoms with van der Waals surface area (Å²) in [6, 6.07) is 7.91. The molecule has 0 atom stereocenters.